The summed E-state index contributed by atoms with van der Waals surface area (Å²) in [7, 11) is 0. The van der Waals surface area contributed by atoms with Gasteiger partial charge < -0.3 is 28.8 Å². The van der Waals surface area contributed by atoms with Gasteiger partial charge in [0.05, 0.1) is 13.2 Å². The molecule has 1 aromatic rings. The molecule has 2 N–H and O–H groups in total. The summed E-state index contributed by atoms with van der Waals surface area (Å²) >= 11 is 0. The lowest BCUT2D eigenvalue weighted by Crippen LogP contribution is -2.59. The Hall–Kier alpha value is -3.34. The molecule has 0 aromatic heterocycles. The summed E-state index contributed by atoms with van der Waals surface area (Å²) in [6, 6.07) is 3.80. The first-order valence-electron chi connectivity index (χ1n) is 12.1. The van der Waals surface area contributed by atoms with Crippen LogP contribution in [0.5, 0.6) is 11.5 Å². The molecule has 0 aliphatic rings. The summed E-state index contributed by atoms with van der Waals surface area (Å²) in [5.74, 6) is -2.51. The maximum absolute atomic E-state index is 12.2. The predicted molar refractivity (Wildman–Crippen MR) is 129 cm³/mol. The number of carboxylic acids is 1. The Bertz CT molecular complexity index is 888. The summed E-state index contributed by atoms with van der Waals surface area (Å²) in [6.45, 7) is 8.87. The van der Waals surface area contributed by atoms with Crippen LogP contribution < -0.4 is 14.8 Å². The van der Waals surface area contributed by atoms with Gasteiger partial charge in [-0.2, -0.15) is 0 Å². The van der Waals surface area contributed by atoms with Crippen LogP contribution in [0.2, 0.25) is 0 Å². The van der Waals surface area contributed by atoms with E-state index in [4.69, 9.17) is 23.7 Å². The van der Waals surface area contributed by atoms with Crippen LogP contribution in [0, 0.1) is 0 Å². The number of nitrogens with one attached hydrogen (secondary N) is 1. The molecule has 0 saturated heterocycles. The molecule has 2 atom stereocenters. The van der Waals surface area contributed by atoms with Gasteiger partial charge in [-0.1, -0.05) is 39.7 Å². The Kier molecular flexibility index (Phi) is 13.3. The van der Waals surface area contributed by atoms with Crippen molar-refractivity contribution in [2.45, 2.75) is 84.9 Å². The number of carbonyl (C=O) groups is 4. The maximum Gasteiger partial charge on any atom is 0.513 e. The highest BCUT2D eigenvalue weighted by Gasteiger charge is 2.43. The van der Waals surface area contributed by atoms with Gasteiger partial charge in [-0.3, -0.25) is 10.1 Å². The smallest absolute Gasteiger partial charge is 0.477 e. The van der Waals surface area contributed by atoms with Gasteiger partial charge in [0.1, 0.15) is 0 Å². The number of hydrogen-bond donors (Lipinski definition) is 2. The second kappa shape index (κ2) is 15.6. The van der Waals surface area contributed by atoms with Gasteiger partial charge in [-0.05, 0) is 43.9 Å². The van der Waals surface area contributed by atoms with Crippen LogP contribution in [0.3, 0.4) is 0 Å². The first kappa shape index (κ1) is 30.7. The van der Waals surface area contributed by atoms with Crippen molar-refractivity contribution < 1.29 is 48.0 Å². The highest BCUT2D eigenvalue weighted by molar-refractivity contribution is 5.81. The second-order valence-corrected chi connectivity index (χ2v) is 8.25. The molecule has 1 rings (SSSR count). The van der Waals surface area contributed by atoms with Crippen LogP contribution in [-0.4, -0.2) is 54.3 Å². The monoisotopic (exact) mass is 511 g/mol. The molecular weight excluding hydrogens is 474 g/mol. The van der Waals surface area contributed by atoms with Crippen LogP contribution >= 0.6 is 0 Å². The standard InChI is InChI=1S/C25H37NO10/c1-6-9-13-32-23(30)34-20-12-11-19(15-21(20)35-24(31)33-14-10-7-2)16-25(22(28)29,36-18(5)27)26-17(4)8-3/h11-12,15,17,26H,6-10,13-14,16H2,1-5H3,(H,28,29)/t17?,25-/m0/s1. The fourth-order valence-corrected chi connectivity index (χ4v) is 3.00. The van der Waals surface area contributed by atoms with E-state index in [-0.39, 0.29) is 37.2 Å². The first-order chi connectivity index (χ1) is 17.1. The lowest BCUT2D eigenvalue weighted by atomic mass is 10.00. The molecule has 0 spiro atoms. The first-order valence-corrected chi connectivity index (χ1v) is 12.1. The van der Waals surface area contributed by atoms with Crippen LogP contribution in [-0.2, 0) is 30.2 Å². The molecule has 36 heavy (non-hydrogen) atoms. The van der Waals surface area contributed by atoms with E-state index in [2.05, 4.69) is 5.32 Å². The molecule has 0 amide bonds. The molecule has 0 heterocycles. The molecule has 1 aromatic carbocycles. The zero-order valence-corrected chi connectivity index (χ0v) is 21.6. The molecule has 0 bridgehead atoms. The van der Waals surface area contributed by atoms with E-state index in [1.165, 1.54) is 18.2 Å². The molecule has 0 aliphatic heterocycles. The zero-order chi connectivity index (χ0) is 27.1. The molecule has 11 heteroatoms. The van der Waals surface area contributed by atoms with Crippen molar-refractivity contribution in [3.05, 3.63) is 23.8 Å². The Labute approximate surface area is 211 Å². The van der Waals surface area contributed by atoms with Crippen molar-refractivity contribution in [1.82, 2.24) is 5.32 Å². The topological polar surface area (TPSA) is 147 Å². The van der Waals surface area contributed by atoms with Crippen LogP contribution in [0.4, 0.5) is 9.59 Å². The second-order valence-electron chi connectivity index (χ2n) is 8.25. The third-order valence-corrected chi connectivity index (χ3v) is 5.04. The highest BCUT2D eigenvalue weighted by atomic mass is 16.7. The molecule has 11 nitrogen and oxygen atoms in total. The van der Waals surface area contributed by atoms with Gasteiger partial charge in [-0.15, -0.1) is 0 Å². The maximum atomic E-state index is 12.2. The van der Waals surface area contributed by atoms with Gasteiger partial charge in [0.15, 0.2) is 11.5 Å². The number of carbonyl (C=O) groups excluding carboxylic acids is 3. The lowest BCUT2D eigenvalue weighted by Gasteiger charge is -2.32. The number of esters is 1. The van der Waals surface area contributed by atoms with Crippen molar-refractivity contribution in [3.8, 4) is 11.5 Å². The number of aliphatic carboxylic acids is 1. The minimum Gasteiger partial charge on any atom is -0.477 e. The quantitative estimate of drug-likeness (QED) is 0.112. The van der Waals surface area contributed by atoms with Gasteiger partial charge in [0.25, 0.3) is 5.72 Å². The van der Waals surface area contributed by atoms with E-state index in [1.807, 2.05) is 20.8 Å². The van der Waals surface area contributed by atoms with E-state index in [1.54, 1.807) is 6.92 Å². The Morgan fingerprint density at radius 1 is 0.944 bits per heavy atom. The summed E-state index contributed by atoms with van der Waals surface area (Å²) in [5, 5.41) is 12.8. The highest BCUT2D eigenvalue weighted by Crippen LogP contribution is 2.31. The number of benzene rings is 1. The predicted octanol–water partition coefficient (Wildman–Crippen LogP) is 4.59. The third-order valence-electron chi connectivity index (χ3n) is 5.04. The Morgan fingerprint density at radius 2 is 1.50 bits per heavy atom. The summed E-state index contributed by atoms with van der Waals surface area (Å²) in [4.78, 5) is 48.2. The van der Waals surface area contributed by atoms with Crippen LogP contribution in [0.15, 0.2) is 18.2 Å². The van der Waals surface area contributed by atoms with Gasteiger partial charge in [0, 0.05) is 19.4 Å². The SMILES string of the molecule is CCCCOC(=O)Oc1ccc(C[C@](NC(C)CC)(OC(C)=O)C(=O)O)cc1OC(=O)OCCCC. The molecule has 0 radical (unpaired) electrons. The summed E-state index contributed by atoms with van der Waals surface area (Å²) in [5.41, 5.74) is -1.76. The summed E-state index contributed by atoms with van der Waals surface area (Å²) < 4.78 is 25.7. The number of hydrogen-bond acceptors (Lipinski definition) is 10. The van der Waals surface area contributed by atoms with Crippen molar-refractivity contribution in [2.24, 2.45) is 0 Å². The van der Waals surface area contributed by atoms with Crippen molar-refractivity contribution >= 4 is 24.2 Å². The third kappa shape index (κ3) is 10.5. The molecule has 0 aliphatic carbocycles. The number of unbranched alkanes of at least 4 members (excludes halogenated alkanes) is 2. The average Bonchev–Trinajstić information content (AvgIpc) is 2.80. The van der Waals surface area contributed by atoms with Crippen molar-refractivity contribution in [2.75, 3.05) is 13.2 Å². The fourth-order valence-electron chi connectivity index (χ4n) is 3.00. The molecule has 1 unspecified atom stereocenters. The number of ether oxygens (including phenoxy) is 5. The van der Waals surface area contributed by atoms with Crippen molar-refractivity contribution in [1.29, 1.82) is 0 Å². The Morgan fingerprint density at radius 3 is 1.97 bits per heavy atom. The van der Waals surface area contributed by atoms with Crippen LogP contribution in [0.25, 0.3) is 0 Å². The minimum atomic E-state index is -2.08. The van der Waals surface area contributed by atoms with Crippen molar-refractivity contribution in [3.63, 3.8) is 0 Å². The number of carboxylic acid groups (broad SMARTS) is 1. The molecule has 202 valence electrons. The lowest BCUT2D eigenvalue weighted by molar-refractivity contribution is -0.183. The number of rotatable bonds is 15. The van der Waals surface area contributed by atoms with Gasteiger partial charge in [0.2, 0.25) is 0 Å². The average molecular weight is 512 g/mol. The molecule has 0 fully saturated rings. The molecule has 0 saturated carbocycles. The van der Waals surface area contributed by atoms with E-state index in [0.717, 1.165) is 19.8 Å². The van der Waals surface area contributed by atoms with Gasteiger partial charge in [-0.25, -0.2) is 14.4 Å². The normalized spacial score (nSPS) is 13.1. The minimum absolute atomic E-state index is 0.129. The van der Waals surface area contributed by atoms with E-state index in [0.29, 0.717) is 24.8 Å². The van der Waals surface area contributed by atoms with E-state index < -0.39 is 30.0 Å². The van der Waals surface area contributed by atoms with Gasteiger partial charge >= 0.3 is 24.2 Å². The van der Waals surface area contributed by atoms with E-state index in [9.17, 15) is 24.3 Å². The van der Waals surface area contributed by atoms with Crippen LogP contribution in [0.1, 0.15) is 72.3 Å². The summed E-state index contributed by atoms with van der Waals surface area (Å²) in [6.07, 6.45) is 1.15. The largest absolute Gasteiger partial charge is 0.513 e. The zero-order valence-electron chi connectivity index (χ0n) is 21.6. The Balaban J connectivity index is 3.30. The van der Waals surface area contributed by atoms with E-state index >= 15 is 0 Å². The fraction of sp³-hybridized carbons (Fsp3) is 0.600. The molecular formula is C25H37NO10.